The molecule has 0 spiro atoms. The maximum Gasteiger partial charge on any atom is 0.414 e. The van der Waals surface area contributed by atoms with Crippen LogP contribution in [0.1, 0.15) is 61.0 Å². The molecule has 0 saturated heterocycles. The summed E-state index contributed by atoms with van der Waals surface area (Å²) < 4.78 is 25.8. The fourth-order valence-electron chi connectivity index (χ4n) is 3.88. The Labute approximate surface area is 247 Å². The summed E-state index contributed by atoms with van der Waals surface area (Å²) in [7, 11) is 2.33. The Balaban J connectivity index is 2.96. The minimum absolute atomic E-state index is 0.0416. The molecular formula is C29H45N3O10. The van der Waals surface area contributed by atoms with Gasteiger partial charge in [-0.3, -0.25) is 15.4 Å². The van der Waals surface area contributed by atoms with Crippen LogP contribution in [0.25, 0.3) is 0 Å². The molecule has 0 fully saturated rings. The number of nitrogens with one attached hydrogen (secondary N) is 2. The van der Waals surface area contributed by atoms with Crippen LogP contribution < -0.4 is 15.4 Å². The smallest absolute Gasteiger partial charge is 0.414 e. The summed E-state index contributed by atoms with van der Waals surface area (Å²) in [5.41, 5.74) is -3.13. The number of amides is 2. The van der Waals surface area contributed by atoms with Gasteiger partial charge in [-0.15, -0.1) is 0 Å². The number of hydrogen-bond donors (Lipinski definition) is 3. The average Bonchev–Trinajstić information content (AvgIpc) is 2.84. The highest BCUT2D eigenvalue weighted by Gasteiger charge is 2.51. The molecule has 0 heterocycles. The summed E-state index contributed by atoms with van der Waals surface area (Å²) in [6, 6.07) is 6.53. The summed E-state index contributed by atoms with van der Waals surface area (Å²) in [6.45, 7) is 13.7. The van der Waals surface area contributed by atoms with E-state index in [2.05, 4.69) is 15.6 Å². The minimum Gasteiger partial charge on any atom is -0.492 e. The van der Waals surface area contributed by atoms with Gasteiger partial charge in [-0.2, -0.15) is 0 Å². The molecule has 0 radical (unpaired) electrons. The number of hydrogen-bond acceptors (Lipinski definition) is 11. The van der Waals surface area contributed by atoms with Crippen molar-refractivity contribution in [3.05, 3.63) is 29.8 Å². The standard InChI is InChI=1S/C29H45N3O10/c1-18(2)21(22(33)38-9)29(37,23(34)39-10)17-19-11-13-20(14-12-19)40-16-15-30-24(31-25(35)41-27(3,4)5)32-26(36)42-28(6,7)8/h11-14,18,21,37H,15-17H2,1-10H3,(H2,30,31,32,35,36). The number of nitrogens with zero attached hydrogens (tertiary/aromatic N) is 1. The Morgan fingerprint density at radius 3 is 1.76 bits per heavy atom. The lowest BCUT2D eigenvalue weighted by Crippen LogP contribution is -2.54. The lowest BCUT2D eigenvalue weighted by atomic mass is 9.76. The molecule has 0 saturated carbocycles. The van der Waals surface area contributed by atoms with Crippen LogP contribution in [-0.4, -0.2) is 79.4 Å². The van der Waals surface area contributed by atoms with Gasteiger partial charge in [-0.05, 0) is 65.2 Å². The van der Waals surface area contributed by atoms with Gasteiger partial charge in [0.1, 0.15) is 23.6 Å². The Morgan fingerprint density at radius 1 is 0.857 bits per heavy atom. The highest BCUT2D eigenvalue weighted by atomic mass is 16.6. The molecule has 2 unspecified atom stereocenters. The van der Waals surface area contributed by atoms with E-state index in [0.717, 1.165) is 7.11 Å². The molecule has 42 heavy (non-hydrogen) atoms. The number of esters is 2. The van der Waals surface area contributed by atoms with Crippen LogP contribution in [0.15, 0.2) is 29.3 Å². The van der Waals surface area contributed by atoms with Crippen molar-refractivity contribution in [2.75, 3.05) is 27.4 Å². The molecule has 2 amide bonds. The first kappa shape index (κ1) is 36.2. The van der Waals surface area contributed by atoms with Crippen molar-refractivity contribution in [2.45, 2.75) is 78.6 Å². The van der Waals surface area contributed by atoms with Crippen molar-refractivity contribution >= 4 is 30.1 Å². The van der Waals surface area contributed by atoms with Crippen molar-refractivity contribution in [3.8, 4) is 5.75 Å². The number of rotatable bonds is 10. The van der Waals surface area contributed by atoms with E-state index in [-0.39, 0.29) is 25.5 Å². The van der Waals surface area contributed by atoms with E-state index in [9.17, 15) is 24.3 Å². The maximum absolute atomic E-state index is 12.6. The SMILES string of the molecule is COC(=O)C(C(C)C)C(O)(Cc1ccc(OCCN=C(NC(=O)OC(C)(C)C)NC(=O)OC(C)(C)C)cc1)C(=O)OC. The fourth-order valence-corrected chi connectivity index (χ4v) is 3.88. The molecule has 2 atom stereocenters. The highest BCUT2D eigenvalue weighted by Crippen LogP contribution is 2.32. The molecule has 1 aromatic rings. The van der Waals surface area contributed by atoms with Crippen molar-refractivity contribution in [2.24, 2.45) is 16.8 Å². The number of guanidine groups is 1. The minimum atomic E-state index is -2.15. The number of carbonyl (C=O) groups is 4. The second kappa shape index (κ2) is 15.4. The molecule has 0 aliphatic rings. The summed E-state index contributed by atoms with van der Waals surface area (Å²) in [5, 5.41) is 16.1. The van der Waals surface area contributed by atoms with Crippen LogP contribution in [0.4, 0.5) is 9.59 Å². The molecule has 1 rings (SSSR count). The van der Waals surface area contributed by atoms with Gasteiger partial charge >= 0.3 is 24.1 Å². The molecule has 13 nitrogen and oxygen atoms in total. The average molecular weight is 596 g/mol. The van der Waals surface area contributed by atoms with Crippen molar-refractivity contribution in [3.63, 3.8) is 0 Å². The topological polar surface area (TPSA) is 171 Å². The largest absolute Gasteiger partial charge is 0.492 e. The molecule has 0 bridgehead atoms. The van der Waals surface area contributed by atoms with E-state index in [0.29, 0.717) is 11.3 Å². The Morgan fingerprint density at radius 2 is 1.36 bits per heavy atom. The summed E-state index contributed by atoms with van der Waals surface area (Å²) in [6.07, 6.45) is -1.82. The Kier molecular flexibility index (Phi) is 13.2. The normalized spacial score (nSPS) is 13.6. The van der Waals surface area contributed by atoms with Gasteiger partial charge in [0, 0.05) is 6.42 Å². The van der Waals surface area contributed by atoms with Gasteiger partial charge in [0.2, 0.25) is 5.96 Å². The summed E-state index contributed by atoms with van der Waals surface area (Å²) >= 11 is 0. The summed E-state index contributed by atoms with van der Waals surface area (Å²) in [4.78, 5) is 53.6. The van der Waals surface area contributed by atoms with Gasteiger partial charge in [0.25, 0.3) is 0 Å². The third-order valence-electron chi connectivity index (χ3n) is 5.44. The summed E-state index contributed by atoms with van der Waals surface area (Å²) in [5.74, 6) is -2.96. The first-order valence-electron chi connectivity index (χ1n) is 13.5. The van der Waals surface area contributed by atoms with Gasteiger partial charge in [0.05, 0.1) is 26.7 Å². The molecule has 1 aromatic carbocycles. The zero-order chi connectivity index (χ0) is 32.3. The van der Waals surface area contributed by atoms with Gasteiger partial charge in [0.15, 0.2) is 5.60 Å². The van der Waals surface area contributed by atoms with Gasteiger partial charge in [-0.25, -0.2) is 19.4 Å². The number of aliphatic hydroxyl groups is 1. The van der Waals surface area contributed by atoms with Crippen LogP contribution in [0.5, 0.6) is 5.75 Å². The van der Waals surface area contributed by atoms with Crippen molar-refractivity contribution in [1.82, 2.24) is 10.6 Å². The molecule has 13 heteroatoms. The second-order valence-corrected chi connectivity index (χ2v) is 11.8. The molecule has 236 valence electrons. The van der Waals surface area contributed by atoms with E-state index < -0.39 is 52.8 Å². The number of methoxy groups -OCH3 is 2. The van der Waals surface area contributed by atoms with Crippen LogP contribution in [0.3, 0.4) is 0 Å². The number of carbonyl (C=O) groups excluding carboxylic acids is 4. The second-order valence-electron chi connectivity index (χ2n) is 11.8. The lowest BCUT2D eigenvalue weighted by molar-refractivity contribution is -0.181. The molecule has 3 N–H and O–H groups in total. The zero-order valence-electron chi connectivity index (χ0n) is 26.2. The third kappa shape index (κ3) is 12.3. The number of aliphatic imine (C=N–C) groups is 1. The molecule has 0 aliphatic heterocycles. The van der Waals surface area contributed by atoms with E-state index in [1.807, 2.05) is 0 Å². The van der Waals surface area contributed by atoms with Crippen LogP contribution in [0.2, 0.25) is 0 Å². The number of benzene rings is 1. The Hall–Kier alpha value is -3.87. The first-order valence-corrected chi connectivity index (χ1v) is 13.5. The number of ether oxygens (including phenoxy) is 5. The van der Waals surface area contributed by atoms with Gasteiger partial charge in [-0.1, -0.05) is 26.0 Å². The van der Waals surface area contributed by atoms with Crippen molar-refractivity contribution < 1.29 is 48.0 Å². The first-order chi connectivity index (χ1) is 19.3. The van der Waals surface area contributed by atoms with E-state index in [1.54, 1.807) is 79.7 Å². The van der Waals surface area contributed by atoms with Crippen LogP contribution in [-0.2, 0) is 35.0 Å². The lowest BCUT2D eigenvalue weighted by Gasteiger charge is -2.34. The molecule has 0 aliphatic carbocycles. The van der Waals surface area contributed by atoms with Gasteiger partial charge < -0.3 is 28.8 Å². The Bertz CT molecular complexity index is 1070. The monoisotopic (exact) mass is 595 g/mol. The van der Waals surface area contributed by atoms with Crippen molar-refractivity contribution in [1.29, 1.82) is 0 Å². The fraction of sp³-hybridized carbons (Fsp3) is 0.621. The van der Waals surface area contributed by atoms with Crippen LogP contribution in [0, 0.1) is 11.8 Å². The van der Waals surface area contributed by atoms with Crippen LogP contribution >= 0.6 is 0 Å². The number of alkyl carbamates (subject to hydrolysis) is 2. The quantitative estimate of drug-likeness (QED) is 0.120. The predicted molar refractivity (Wildman–Crippen MR) is 154 cm³/mol. The molecular weight excluding hydrogens is 550 g/mol. The third-order valence-corrected chi connectivity index (χ3v) is 5.44. The van der Waals surface area contributed by atoms with E-state index >= 15 is 0 Å². The van der Waals surface area contributed by atoms with E-state index in [4.69, 9.17) is 23.7 Å². The predicted octanol–water partition coefficient (Wildman–Crippen LogP) is 3.36. The van der Waals surface area contributed by atoms with E-state index in [1.165, 1.54) is 7.11 Å². The molecule has 0 aromatic heterocycles. The zero-order valence-corrected chi connectivity index (χ0v) is 26.2. The highest BCUT2D eigenvalue weighted by molar-refractivity contribution is 6.01. The maximum atomic E-state index is 12.6.